The van der Waals surface area contributed by atoms with Crippen LogP contribution in [0.3, 0.4) is 0 Å². The molecule has 1 fully saturated rings. The van der Waals surface area contributed by atoms with Gasteiger partial charge in [0, 0.05) is 11.6 Å². The Hall–Kier alpha value is -1.82. The summed E-state index contributed by atoms with van der Waals surface area (Å²) in [5, 5.41) is 9.00. The summed E-state index contributed by atoms with van der Waals surface area (Å²) in [5.74, 6) is 0.0353. The van der Waals surface area contributed by atoms with Gasteiger partial charge in [-0.2, -0.15) is 5.26 Å². The first-order valence-corrected chi connectivity index (χ1v) is 7.59. The number of carbonyl (C=O) groups excluding carboxylic acids is 1. The van der Waals surface area contributed by atoms with E-state index in [0.29, 0.717) is 0 Å². The summed E-state index contributed by atoms with van der Waals surface area (Å²) >= 11 is 0. The number of rotatable bonds is 3. The maximum absolute atomic E-state index is 12.7. The molecule has 0 N–H and O–H groups in total. The first-order chi connectivity index (χ1) is 9.79. The SMILES string of the molecule is N#CCN(C(=O)c1ccc2c(c1)CCC2)C1CCCC1. The lowest BCUT2D eigenvalue weighted by Gasteiger charge is -2.26. The minimum atomic E-state index is 0.0353. The van der Waals surface area contributed by atoms with E-state index in [1.54, 1.807) is 4.90 Å². The maximum atomic E-state index is 12.7. The Morgan fingerprint density at radius 1 is 1.20 bits per heavy atom. The van der Waals surface area contributed by atoms with E-state index in [2.05, 4.69) is 12.1 Å². The molecule has 0 spiro atoms. The molecule has 0 radical (unpaired) electrons. The number of fused-ring (bicyclic) bond motifs is 1. The van der Waals surface area contributed by atoms with Crippen LogP contribution < -0.4 is 0 Å². The standard InChI is InChI=1S/C17H20N2O/c18-10-11-19(16-6-1-2-7-16)17(20)15-9-8-13-4-3-5-14(13)12-15/h8-9,12,16H,1-7,11H2. The summed E-state index contributed by atoms with van der Waals surface area (Å²) in [7, 11) is 0. The van der Waals surface area contributed by atoms with E-state index in [-0.39, 0.29) is 18.5 Å². The van der Waals surface area contributed by atoms with Gasteiger partial charge < -0.3 is 4.90 Å². The van der Waals surface area contributed by atoms with E-state index < -0.39 is 0 Å². The van der Waals surface area contributed by atoms with Crippen molar-refractivity contribution in [2.45, 2.75) is 51.0 Å². The first-order valence-electron chi connectivity index (χ1n) is 7.59. The third-order valence-corrected chi connectivity index (χ3v) is 4.61. The van der Waals surface area contributed by atoms with Crippen LogP contribution in [0.2, 0.25) is 0 Å². The second kappa shape index (κ2) is 5.66. The van der Waals surface area contributed by atoms with Crippen LogP contribution in [0.5, 0.6) is 0 Å². The van der Waals surface area contributed by atoms with Crippen molar-refractivity contribution in [3.8, 4) is 6.07 Å². The molecule has 0 bridgehead atoms. The third kappa shape index (κ3) is 2.43. The molecule has 1 aromatic carbocycles. The van der Waals surface area contributed by atoms with Crippen LogP contribution >= 0.6 is 0 Å². The van der Waals surface area contributed by atoms with Crippen molar-refractivity contribution >= 4 is 5.91 Å². The van der Waals surface area contributed by atoms with Crippen molar-refractivity contribution in [1.29, 1.82) is 5.26 Å². The molecule has 20 heavy (non-hydrogen) atoms. The van der Waals surface area contributed by atoms with Crippen LogP contribution in [0.4, 0.5) is 0 Å². The minimum absolute atomic E-state index is 0.0353. The van der Waals surface area contributed by atoms with Gasteiger partial charge in [-0.15, -0.1) is 0 Å². The van der Waals surface area contributed by atoms with Gasteiger partial charge in [-0.05, 0) is 55.4 Å². The Morgan fingerprint density at radius 2 is 1.95 bits per heavy atom. The van der Waals surface area contributed by atoms with E-state index in [4.69, 9.17) is 5.26 Å². The minimum Gasteiger partial charge on any atom is -0.322 e. The van der Waals surface area contributed by atoms with Crippen LogP contribution in [0.15, 0.2) is 18.2 Å². The topological polar surface area (TPSA) is 44.1 Å². The molecule has 0 aromatic heterocycles. The summed E-state index contributed by atoms with van der Waals surface area (Å²) in [6.45, 7) is 0.209. The molecule has 2 aliphatic carbocycles. The number of nitriles is 1. The van der Waals surface area contributed by atoms with Crippen molar-refractivity contribution in [3.63, 3.8) is 0 Å². The number of aryl methyl sites for hydroxylation is 2. The van der Waals surface area contributed by atoms with Crippen LogP contribution in [-0.2, 0) is 12.8 Å². The van der Waals surface area contributed by atoms with Crippen molar-refractivity contribution in [1.82, 2.24) is 4.90 Å². The number of benzene rings is 1. The van der Waals surface area contributed by atoms with Crippen molar-refractivity contribution in [2.75, 3.05) is 6.54 Å². The highest BCUT2D eigenvalue weighted by Crippen LogP contribution is 2.27. The second-order valence-electron chi connectivity index (χ2n) is 5.87. The van der Waals surface area contributed by atoms with Crippen molar-refractivity contribution in [3.05, 3.63) is 34.9 Å². The molecule has 3 heteroatoms. The third-order valence-electron chi connectivity index (χ3n) is 4.61. The largest absolute Gasteiger partial charge is 0.322 e. The lowest BCUT2D eigenvalue weighted by Crippen LogP contribution is -2.39. The lowest BCUT2D eigenvalue weighted by molar-refractivity contribution is 0.0709. The van der Waals surface area contributed by atoms with E-state index >= 15 is 0 Å². The number of carbonyl (C=O) groups is 1. The Balaban J connectivity index is 1.83. The molecule has 1 aromatic rings. The van der Waals surface area contributed by atoms with E-state index in [1.165, 1.54) is 30.4 Å². The molecule has 0 unspecified atom stereocenters. The number of nitrogens with zero attached hydrogens (tertiary/aromatic N) is 2. The molecule has 0 heterocycles. The summed E-state index contributed by atoms with van der Waals surface area (Å²) in [4.78, 5) is 14.5. The van der Waals surface area contributed by atoms with E-state index in [0.717, 1.165) is 31.2 Å². The second-order valence-corrected chi connectivity index (χ2v) is 5.87. The van der Waals surface area contributed by atoms with Gasteiger partial charge >= 0.3 is 0 Å². The number of hydrogen-bond donors (Lipinski definition) is 0. The molecular formula is C17H20N2O. The molecule has 0 saturated heterocycles. The number of amides is 1. The fourth-order valence-electron chi connectivity index (χ4n) is 3.53. The normalized spacial score (nSPS) is 17.8. The Bertz CT molecular complexity index is 553. The highest BCUT2D eigenvalue weighted by Gasteiger charge is 2.27. The Labute approximate surface area is 120 Å². The molecule has 0 aliphatic heterocycles. The van der Waals surface area contributed by atoms with E-state index in [9.17, 15) is 4.79 Å². The Kier molecular flexibility index (Phi) is 3.73. The molecule has 2 aliphatic rings. The van der Waals surface area contributed by atoms with Gasteiger partial charge in [-0.1, -0.05) is 18.9 Å². The maximum Gasteiger partial charge on any atom is 0.254 e. The van der Waals surface area contributed by atoms with Crippen LogP contribution in [0, 0.1) is 11.3 Å². The zero-order valence-electron chi connectivity index (χ0n) is 11.8. The van der Waals surface area contributed by atoms with Gasteiger partial charge in [0.2, 0.25) is 0 Å². The van der Waals surface area contributed by atoms with Crippen LogP contribution in [-0.4, -0.2) is 23.4 Å². The molecule has 3 nitrogen and oxygen atoms in total. The monoisotopic (exact) mass is 268 g/mol. The average Bonchev–Trinajstić information content (AvgIpc) is 3.13. The van der Waals surface area contributed by atoms with Gasteiger partial charge in [-0.3, -0.25) is 4.79 Å². The highest BCUT2D eigenvalue weighted by atomic mass is 16.2. The molecule has 3 rings (SSSR count). The zero-order valence-corrected chi connectivity index (χ0v) is 11.8. The summed E-state index contributed by atoms with van der Waals surface area (Å²) in [5.41, 5.74) is 3.46. The zero-order chi connectivity index (χ0) is 13.9. The van der Waals surface area contributed by atoms with E-state index in [1.807, 2.05) is 12.1 Å². The predicted octanol–water partition coefficient (Wildman–Crippen LogP) is 3.08. The molecular weight excluding hydrogens is 248 g/mol. The van der Waals surface area contributed by atoms with Crippen molar-refractivity contribution < 1.29 is 4.79 Å². The molecule has 1 amide bonds. The van der Waals surface area contributed by atoms with Crippen LogP contribution in [0.1, 0.15) is 53.6 Å². The van der Waals surface area contributed by atoms with Gasteiger partial charge in [-0.25, -0.2) is 0 Å². The van der Waals surface area contributed by atoms with Gasteiger partial charge in [0.1, 0.15) is 6.54 Å². The summed E-state index contributed by atoms with van der Waals surface area (Å²) in [6.07, 6.45) is 7.83. The quantitative estimate of drug-likeness (QED) is 0.791. The lowest BCUT2D eigenvalue weighted by atomic mass is 10.0. The summed E-state index contributed by atoms with van der Waals surface area (Å²) < 4.78 is 0. The fraction of sp³-hybridized carbons (Fsp3) is 0.529. The predicted molar refractivity (Wildman–Crippen MR) is 77.4 cm³/mol. The molecule has 1 saturated carbocycles. The van der Waals surface area contributed by atoms with Gasteiger partial charge in [0.25, 0.3) is 5.91 Å². The van der Waals surface area contributed by atoms with Crippen LogP contribution in [0.25, 0.3) is 0 Å². The van der Waals surface area contributed by atoms with Gasteiger partial charge in [0.05, 0.1) is 6.07 Å². The van der Waals surface area contributed by atoms with Gasteiger partial charge in [0.15, 0.2) is 0 Å². The summed E-state index contributed by atoms with van der Waals surface area (Å²) in [6, 6.07) is 8.49. The molecule has 0 atom stereocenters. The van der Waals surface area contributed by atoms with Crippen molar-refractivity contribution in [2.24, 2.45) is 0 Å². The molecule has 104 valence electrons. The highest BCUT2D eigenvalue weighted by molar-refractivity contribution is 5.95. The fourth-order valence-corrected chi connectivity index (χ4v) is 3.53. The first kappa shape index (κ1) is 13.2. The average molecular weight is 268 g/mol. The number of hydrogen-bond acceptors (Lipinski definition) is 2. The Morgan fingerprint density at radius 3 is 2.70 bits per heavy atom. The smallest absolute Gasteiger partial charge is 0.254 e.